The Bertz CT molecular complexity index is 543. The molecule has 0 aliphatic heterocycles. The number of hydrogen-bond donors (Lipinski definition) is 1. The van der Waals surface area contributed by atoms with Gasteiger partial charge in [-0.3, -0.25) is 10.1 Å². The van der Waals surface area contributed by atoms with Gasteiger partial charge in [-0.1, -0.05) is 17.7 Å². The van der Waals surface area contributed by atoms with Crippen molar-refractivity contribution < 1.29 is 4.92 Å². The highest BCUT2D eigenvalue weighted by atomic mass is 35.5. The van der Waals surface area contributed by atoms with Crippen molar-refractivity contribution in [2.24, 2.45) is 0 Å². The summed E-state index contributed by atoms with van der Waals surface area (Å²) < 4.78 is 0. The molecule has 1 N–H and O–H groups in total. The van der Waals surface area contributed by atoms with Gasteiger partial charge in [-0.15, -0.1) is 0 Å². The second kappa shape index (κ2) is 5.95. The average Bonchev–Trinajstić information content (AvgIpc) is 2.84. The van der Waals surface area contributed by atoms with Crippen molar-refractivity contribution in [1.29, 1.82) is 0 Å². The highest BCUT2D eigenvalue weighted by Gasteiger charge is 2.12. The van der Waals surface area contributed by atoms with Crippen molar-refractivity contribution >= 4 is 28.6 Å². The van der Waals surface area contributed by atoms with Crippen molar-refractivity contribution in [1.82, 2.24) is 5.32 Å². The maximum Gasteiger partial charge on any atom is 0.288 e. The zero-order chi connectivity index (χ0) is 13.0. The molecule has 0 aliphatic carbocycles. The standard InChI is InChI=1S/C12H11ClN2O2S/c13-11-2-1-9(5-12(11)15(16)17)6-14-7-10-3-4-18-8-10/h1-5,8,14H,6-7H2. The van der Waals surface area contributed by atoms with Crippen molar-refractivity contribution in [3.63, 3.8) is 0 Å². The summed E-state index contributed by atoms with van der Waals surface area (Å²) >= 11 is 7.39. The summed E-state index contributed by atoms with van der Waals surface area (Å²) in [6.07, 6.45) is 0. The maximum atomic E-state index is 10.7. The number of nitro groups is 1. The van der Waals surface area contributed by atoms with Crippen LogP contribution in [0.3, 0.4) is 0 Å². The molecular formula is C12H11ClN2O2S. The molecule has 4 nitrogen and oxygen atoms in total. The van der Waals surface area contributed by atoms with Crippen LogP contribution < -0.4 is 5.32 Å². The van der Waals surface area contributed by atoms with E-state index in [-0.39, 0.29) is 10.7 Å². The van der Waals surface area contributed by atoms with Gasteiger partial charge >= 0.3 is 0 Å². The molecular weight excluding hydrogens is 272 g/mol. The topological polar surface area (TPSA) is 55.2 Å². The first-order valence-corrected chi connectivity index (χ1v) is 6.63. The predicted octanol–water partition coefficient (Wildman–Crippen LogP) is 3.60. The van der Waals surface area contributed by atoms with E-state index in [1.807, 2.05) is 11.4 Å². The summed E-state index contributed by atoms with van der Waals surface area (Å²) in [6.45, 7) is 1.33. The molecule has 0 bridgehead atoms. The van der Waals surface area contributed by atoms with E-state index in [1.165, 1.54) is 11.6 Å². The number of halogens is 1. The molecule has 0 fully saturated rings. The molecule has 0 aliphatic rings. The smallest absolute Gasteiger partial charge is 0.288 e. The van der Waals surface area contributed by atoms with Crippen molar-refractivity contribution in [3.8, 4) is 0 Å². The Morgan fingerprint density at radius 3 is 2.72 bits per heavy atom. The lowest BCUT2D eigenvalue weighted by Gasteiger charge is -2.04. The number of rotatable bonds is 5. The van der Waals surface area contributed by atoms with Crippen LogP contribution in [0.25, 0.3) is 0 Å². The number of nitrogens with zero attached hydrogens (tertiary/aromatic N) is 1. The van der Waals surface area contributed by atoms with Crippen LogP contribution in [0.1, 0.15) is 11.1 Å². The Kier molecular flexibility index (Phi) is 4.30. The van der Waals surface area contributed by atoms with Gasteiger partial charge in [-0.2, -0.15) is 11.3 Å². The van der Waals surface area contributed by atoms with Gasteiger partial charge in [-0.25, -0.2) is 0 Å². The minimum Gasteiger partial charge on any atom is -0.309 e. The van der Waals surface area contributed by atoms with E-state index in [0.717, 1.165) is 12.1 Å². The van der Waals surface area contributed by atoms with Crippen LogP contribution in [0.2, 0.25) is 5.02 Å². The molecule has 0 atom stereocenters. The number of nitrogens with one attached hydrogen (secondary N) is 1. The summed E-state index contributed by atoms with van der Waals surface area (Å²) in [4.78, 5) is 10.3. The van der Waals surface area contributed by atoms with Gasteiger partial charge in [0.25, 0.3) is 5.69 Å². The molecule has 1 aromatic heterocycles. The van der Waals surface area contributed by atoms with Crippen LogP contribution in [0.15, 0.2) is 35.0 Å². The lowest BCUT2D eigenvalue weighted by atomic mass is 10.2. The fourth-order valence-corrected chi connectivity index (χ4v) is 2.41. The van der Waals surface area contributed by atoms with E-state index >= 15 is 0 Å². The molecule has 18 heavy (non-hydrogen) atoms. The molecule has 0 unspecified atom stereocenters. The largest absolute Gasteiger partial charge is 0.309 e. The number of nitro benzene ring substituents is 1. The Morgan fingerprint density at radius 2 is 2.06 bits per heavy atom. The van der Waals surface area contributed by atoms with E-state index in [1.54, 1.807) is 23.5 Å². The molecule has 0 saturated carbocycles. The first-order valence-electron chi connectivity index (χ1n) is 5.31. The van der Waals surface area contributed by atoms with E-state index in [9.17, 15) is 10.1 Å². The number of hydrogen-bond acceptors (Lipinski definition) is 4. The van der Waals surface area contributed by atoms with E-state index < -0.39 is 4.92 Å². The van der Waals surface area contributed by atoms with Crippen LogP contribution in [0.5, 0.6) is 0 Å². The predicted molar refractivity (Wildman–Crippen MR) is 73.0 cm³/mol. The Balaban J connectivity index is 1.97. The highest BCUT2D eigenvalue weighted by molar-refractivity contribution is 7.07. The monoisotopic (exact) mass is 282 g/mol. The molecule has 1 heterocycles. The van der Waals surface area contributed by atoms with Crippen LogP contribution in [0.4, 0.5) is 5.69 Å². The van der Waals surface area contributed by atoms with Gasteiger partial charge in [0.2, 0.25) is 0 Å². The minimum absolute atomic E-state index is 0.0495. The Hall–Kier alpha value is -1.43. The molecule has 6 heteroatoms. The summed E-state index contributed by atoms with van der Waals surface area (Å²) in [5, 5.41) is 18.2. The Labute approximate surface area is 113 Å². The highest BCUT2D eigenvalue weighted by Crippen LogP contribution is 2.24. The molecule has 0 amide bonds. The molecule has 0 spiro atoms. The van der Waals surface area contributed by atoms with Gasteiger partial charge in [-0.05, 0) is 34.0 Å². The first kappa shape index (κ1) is 13.0. The van der Waals surface area contributed by atoms with Crippen molar-refractivity contribution in [2.45, 2.75) is 13.1 Å². The maximum absolute atomic E-state index is 10.7. The quantitative estimate of drug-likeness (QED) is 0.673. The lowest BCUT2D eigenvalue weighted by molar-refractivity contribution is -0.384. The summed E-state index contributed by atoms with van der Waals surface area (Å²) in [6, 6.07) is 6.89. The lowest BCUT2D eigenvalue weighted by Crippen LogP contribution is -2.12. The molecule has 94 valence electrons. The van der Waals surface area contributed by atoms with Crippen LogP contribution in [-0.2, 0) is 13.1 Å². The second-order valence-electron chi connectivity index (χ2n) is 3.78. The van der Waals surface area contributed by atoms with Gasteiger partial charge in [0.05, 0.1) is 4.92 Å². The molecule has 1 aromatic carbocycles. The normalized spacial score (nSPS) is 10.5. The SMILES string of the molecule is O=[N+]([O-])c1cc(CNCc2ccsc2)ccc1Cl. The summed E-state index contributed by atoms with van der Waals surface area (Å²) in [5.41, 5.74) is 2.01. The molecule has 2 aromatic rings. The zero-order valence-corrected chi connectivity index (χ0v) is 11.0. The third-order valence-corrected chi connectivity index (χ3v) is 3.50. The molecule has 2 rings (SSSR count). The van der Waals surface area contributed by atoms with Gasteiger partial charge in [0, 0.05) is 19.2 Å². The van der Waals surface area contributed by atoms with Crippen molar-refractivity contribution in [3.05, 3.63) is 61.3 Å². The van der Waals surface area contributed by atoms with Crippen LogP contribution in [-0.4, -0.2) is 4.92 Å². The van der Waals surface area contributed by atoms with Gasteiger partial charge < -0.3 is 5.32 Å². The van der Waals surface area contributed by atoms with Crippen molar-refractivity contribution in [2.75, 3.05) is 0 Å². The third kappa shape index (κ3) is 3.29. The number of thiophene rings is 1. The fraction of sp³-hybridized carbons (Fsp3) is 0.167. The van der Waals surface area contributed by atoms with Crippen LogP contribution >= 0.6 is 22.9 Å². The first-order chi connectivity index (χ1) is 8.66. The molecule has 0 saturated heterocycles. The molecule has 0 radical (unpaired) electrons. The van der Waals surface area contributed by atoms with E-state index in [0.29, 0.717) is 6.54 Å². The average molecular weight is 283 g/mol. The summed E-state index contributed by atoms with van der Waals surface area (Å²) in [5.74, 6) is 0. The summed E-state index contributed by atoms with van der Waals surface area (Å²) in [7, 11) is 0. The minimum atomic E-state index is -0.468. The fourth-order valence-electron chi connectivity index (χ4n) is 1.55. The van der Waals surface area contributed by atoms with Gasteiger partial charge in [0.1, 0.15) is 5.02 Å². The number of benzene rings is 1. The zero-order valence-electron chi connectivity index (χ0n) is 9.43. The van der Waals surface area contributed by atoms with Crippen LogP contribution in [0, 0.1) is 10.1 Å². The van der Waals surface area contributed by atoms with E-state index in [4.69, 9.17) is 11.6 Å². The Morgan fingerprint density at radius 1 is 1.28 bits per heavy atom. The second-order valence-corrected chi connectivity index (χ2v) is 4.97. The van der Waals surface area contributed by atoms with Gasteiger partial charge in [0.15, 0.2) is 0 Å². The van der Waals surface area contributed by atoms with E-state index in [2.05, 4.69) is 10.7 Å². The third-order valence-electron chi connectivity index (χ3n) is 2.45.